The van der Waals surface area contributed by atoms with Crippen LogP contribution in [0.5, 0.6) is 0 Å². The number of carbonyl (C=O) groups is 2. The standard InChI is InChI=1S/C23H28N6O2/c1-17(28(3)21-11-5-4-6-12-21)16-24-23(31)27-20-10-7-9-19(15-20)26-22(30)18(2)29-14-8-13-25-29/h4-15,17-18H,16H2,1-3H3,(H,26,30)(H2,24,27,31). The Kier molecular flexibility index (Phi) is 7.26. The number of nitrogens with zero attached hydrogens (tertiary/aromatic N) is 3. The molecule has 1 aromatic heterocycles. The van der Waals surface area contributed by atoms with Gasteiger partial charge in [0.15, 0.2) is 0 Å². The summed E-state index contributed by atoms with van der Waals surface area (Å²) in [4.78, 5) is 26.9. The van der Waals surface area contributed by atoms with Gasteiger partial charge in [-0.1, -0.05) is 24.3 Å². The molecule has 31 heavy (non-hydrogen) atoms. The van der Waals surface area contributed by atoms with Crippen molar-refractivity contribution in [1.82, 2.24) is 15.1 Å². The molecular weight excluding hydrogens is 392 g/mol. The molecule has 0 fully saturated rings. The van der Waals surface area contributed by atoms with Gasteiger partial charge in [-0.15, -0.1) is 0 Å². The third-order valence-electron chi connectivity index (χ3n) is 5.07. The van der Waals surface area contributed by atoms with Crippen molar-refractivity contribution in [3.05, 3.63) is 73.1 Å². The molecule has 162 valence electrons. The molecule has 2 unspecified atom stereocenters. The van der Waals surface area contributed by atoms with Gasteiger partial charge in [0.25, 0.3) is 0 Å². The van der Waals surface area contributed by atoms with Gasteiger partial charge in [-0.2, -0.15) is 5.10 Å². The van der Waals surface area contributed by atoms with E-state index in [1.165, 1.54) is 0 Å². The first-order chi connectivity index (χ1) is 14.9. The van der Waals surface area contributed by atoms with Crippen LogP contribution >= 0.6 is 0 Å². The Balaban J connectivity index is 1.50. The maximum atomic E-state index is 12.4. The minimum absolute atomic E-state index is 0.113. The number of nitrogens with one attached hydrogen (secondary N) is 3. The highest BCUT2D eigenvalue weighted by Gasteiger charge is 2.15. The second-order valence-electron chi connectivity index (χ2n) is 7.36. The predicted molar refractivity (Wildman–Crippen MR) is 123 cm³/mol. The lowest BCUT2D eigenvalue weighted by Gasteiger charge is -2.27. The van der Waals surface area contributed by atoms with Crippen LogP contribution in [0.25, 0.3) is 0 Å². The largest absolute Gasteiger partial charge is 0.370 e. The van der Waals surface area contributed by atoms with E-state index in [-0.39, 0.29) is 18.0 Å². The lowest BCUT2D eigenvalue weighted by Crippen LogP contribution is -2.41. The molecular formula is C23H28N6O2. The number of para-hydroxylation sites is 1. The number of benzene rings is 2. The summed E-state index contributed by atoms with van der Waals surface area (Å²) < 4.78 is 1.58. The minimum Gasteiger partial charge on any atom is -0.370 e. The van der Waals surface area contributed by atoms with E-state index < -0.39 is 6.04 Å². The molecule has 0 aliphatic rings. The molecule has 8 nitrogen and oxygen atoms in total. The number of likely N-dealkylation sites (N-methyl/N-ethyl adjacent to an activating group) is 1. The highest BCUT2D eigenvalue weighted by molar-refractivity contribution is 5.95. The summed E-state index contributed by atoms with van der Waals surface area (Å²) in [7, 11) is 2.00. The first-order valence-corrected chi connectivity index (χ1v) is 10.2. The fourth-order valence-electron chi connectivity index (χ4n) is 3.02. The van der Waals surface area contributed by atoms with Gasteiger partial charge >= 0.3 is 6.03 Å². The zero-order valence-corrected chi connectivity index (χ0v) is 17.9. The Morgan fingerprint density at radius 1 is 1.00 bits per heavy atom. The number of anilines is 3. The van der Waals surface area contributed by atoms with Crippen LogP contribution in [0.1, 0.15) is 19.9 Å². The third kappa shape index (κ3) is 6.08. The normalized spacial score (nSPS) is 12.5. The van der Waals surface area contributed by atoms with Gasteiger partial charge < -0.3 is 20.9 Å². The Hall–Kier alpha value is -3.81. The SMILES string of the molecule is CC(CNC(=O)Nc1cccc(NC(=O)C(C)n2cccn2)c1)N(C)c1ccccc1. The molecule has 0 spiro atoms. The lowest BCUT2D eigenvalue weighted by molar-refractivity contribution is -0.119. The maximum absolute atomic E-state index is 12.4. The highest BCUT2D eigenvalue weighted by atomic mass is 16.2. The van der Waals surface area contributed by atoms with E-state index in [4.69, 9.17) is 0 Å². The van der Waals surface area contributed by atoms with E-state index in [0.717, 1.165) is 5.69 Å². The molecule has 3 aromatic rings. The van der Waals surface area contributed by atoms with Crippen molar-refractivity contribution in [3.63, 3.8) is 0 Å². The Morgan fingerprint density at radius 2 is 1.71 bits per heavy atom. The van der Waals surface area contributed by atoms with Crippen molar-refractivity contribution in [3.8, 4) is 0 Å². The number of hydrogen-bond acceptors (Lipinski definition) is 4. The van der Waals surface area contributed by atoms with Crippen LogP contribution < -0.4 is 20.9 Å². The van der Waals surface area contributed by atoms with Crippen LogP contribution in [-0.2, 0) is 4.79 Å². The molecule has 2 atom stereocenters. The fraction of sp³-hybridized carbons (Fsp3) is 0.261. The number of rotatable bonds is 8. The Labute approximate surface area is 182 Å². The van der Waals surface area contributed by atoms with E-state index in [1.807, 2.05) is 44.3 Å². The van der Waals surface area contributed by atoms with Gasteiger partial charge in [-0.3, -0.25) is 9.48 Å². The molecule has 1 heterocycles. The summed E-state index contributed by atoms with van der Waals surface area (Å²) in [5.41, 5.74) is 2.27. The van der Waals surface area contributed by atoms with E-state index in [0.29, 0.717) is 17.9 Å². The van der Waals surface area contributed by atoms with Crippen LogP contribution in [0.2, 0.25) is 0 Å². The zero-order chi connectivity index (χ0) is 22.2. The third-order valence-corrected chi connectivity index (χ3v) is 5.07. The van der Waals surface area contributed by atoms with E-state index in [9.17, 15) is 9.59 Å². The van der Waals surface area contributed by atoms with Crippen LogP contribution in [0.15, 0.2) is 73.1 Å². The van der Waals surface area contributed by atoms with Crippen LogP contribution in [0.3, 0.4) is 0 Å². The van der Waals surface area contributed by atoms with Gasteiger partial charge in [0.2, 0.25) is 5.91 Å². The molecule has 0 bridgehead atoms. The number of urea groups is 1. The summed E-state index contributed by atoms with van der Waals surface area (Å²) >= 11 is 0. The quantitative estimate of drug-likeness (QED) is 0.518. The fourth-order valence-corrected chi connectivity index (χ4v) is 3.02. The van der Waals surface area contributed by atoms with Crippen molar-refractivity contribution >= 4 is 29.0 Å². The molecule has 3 N–H and O–H groups in total. The van der Waals surface area contributed by atoms with Crippen molar-refractivity contribution in [2.45, 2.75) is 25.9 Å². The van der Waals surface area contributed by atoms with Crippen molar-refractivity contribution in [2.24, 2.45) is 0 Å². The molecule has 3 rings (SSSR count). The summed E-state index contributed by atoms with van der Waals surface area (Å²) in [5, 5.41) is 12.6. The second-order valence-corrected chi connectivity index (χ2v) is 7.36. The molecule has 0 aliphatic heterocycles. The van der Waals surface area contributed by atoms with Crippen LogP contribution in [0.4, 0.5) is 21.9 Å². The van der Waals surface area contributed by atoms with E-state index in [1.54, 1.807) is 54.3 Å². The van der Waals surface area contributed by atoms with Gasteiger partial charge in [0.05, 0.1) is 0 Å². The summed E-state index contributed by atoms with van der Waals surface area (Å²) in [6.45, 7) is 4.30. The van der Waals surface area contributed by atoms with E-state index >= 15 is 0 Å². The van der Waals surface area contributed by atoms with Crippen molar-refractivity contribution in [2.75, 3.05) is 29.1 Å². The molecule has 8 heteroatoms. The maximum Gasteiger partial charge on any atom is 0.319 e. The average molecular weight is 421 g/mol. The molecule has 0 saturated heterocycles. The van der Waals surface area contributed by atoms with Gasteiger partial charge in [-0.05, 0) is 50.2 Å². The molecule has 0 aliphatic carbocycles. The van der Waals surface area contributed by atoms with E-state index in [2.05, 4.69) is 25.9 Å². The number of hydrogen-bond donors (Lipinski definition) is 3. The lowest BCUT2D eigenvalue weighted by atomic mass is 10.2. The monoisotopic (exact) mass is 420 g/mol. The molecule has 3 amide bonds. The van der Waals surface area contributed by atoms with Gasteiger partial charge in [0.1, 0.15) is 6.04 Å². The number of aromatic nitrogens is 2. The van der Waals surface area contributed by atoms with Crippen LogP contribution in [0, 0.1) is 0 Å². The topological polar surface area (TPSA) is 91.3 Å². The van der Waals surface area contributed by atoms with Gasteiger partial charge in [0, 0.05) is 49.1 Å². The van der Waals surface area contributed by atoms with Crippen molar-refractivity contribution in [1.29, 1.82) is 0 Å². The first kappa shape index (κ1) is 21.9. The van der Waals surface area contributed by atoms with Gasteiger partial charge in [-0.25, -0.2) is 4.79 Å². The second kappa shape index (κ2) is 10.3. The smallest absolute Gasteiger partial charge is 0.319 e. The zero-order valence-electron chi connectivity index (χ0n) is 17.9. The molecule has 0 saturated carbocycles. The summed E-state index contributed by atoms with van der Waals surface area (Å²) in [6.07, 6.45) is 3.37. The Bertz CT molecular complexity index is 990. The van der Waals surface area contributed by atoms with Crippen LogP contribution in [-0.4, -0.2) is 41.4 Å². The highest BCUT2D eigenvalue weighted by Crippen LogP contribution is 2.17. The average Bonchev–Trinajstić information content (AvgIpc) is 3.32. The summed E-state index contributed by atoms with van der Waals surface area (Å²) in [6, 6.07) is 18.2. The predicted octanol–water partition coefficient (Wildman–Crippen LogP) is 3.73. The minimum atomic E-state index is -0.446. The molecule has 2 aromatic carbocycles. The molecule has 0 radical (unpaired) electrons. The number of amides is 3. The first-order valence-electron chi connectivity index (χ1n) is 10.2. The van der Waals surface area contributed by atoms with Crippen molar-refractivity contribution < 1.29 is 9.59 Å². The number of carbonyl (C=O) groups excluding carboxylic acids is 2. The Morgan fingerprint density at radius 3 is 2.39 bits per heavy atom. The summed E-state index contributed by atoms with van der Waals surface area (Å²) in [5.74, 6) is -0.192.